The molecule has 1 aromatic heterocycles. The molecule has 1 fully saturated rings. The van der Waals surface area contributed by atoms with E-state index in [9.17, 15) is 14.4 Å². The zero-order valence-electron chi connectivity index (χ0n) is 17.2. The highest BCUT2D eigenvalue weighted by atomic mass is 35.5. The number of hydrogen-bond acceptors (Lipinski definition) is 6. The van der Waals surface area contributed by atoms with Gasteiger partial charge in [0.1, 0.15) is 5.75 Å². The van der Waals surface area contributed by atoms with Gasteiger partial charge in [0.2, 0.25) is 5.95 Å². The van der Waals surface area contributed by atoms with Crippen LogP contribution in [0.3, 0.4) is 0 Å². The molecular formula is C21H22ClN5O4. The first-order valence-corrected chi connectivity index (χ1v) is 10.4. The monoisotopic (exact) mass is 443 g/mol. The lowest BCUT2D eigenvalue weighted by Gasteiger charge is -2.31. The number of methoxy groups -OCH3 is 1. The van der Waals surface area contributed by atoms with Crippen LogP contribution < -0.4 is 31.2 Å². The third-order valence-electron chi connectivity index (χ3n) is 5.39. The van der Waals surface area contributed by atoms with Crippen LogP contribution in [0.25, 0.3) is 5.57 Å². The van der Waals surface area contributed by atoms with E-state index >= 15 is 0 Å². The van der Waals surface area contributed by atoms with E-state index in [0.29, 0.717) is 28.3 Å². The number of fused-ring (bicyclic) bond motifs is 1. The minimum Gasteiger partial charge on any atom is -0.495 e. The second kappa shape index (κ2) is 8.50. The number of rotatable bonds is 4. The average molecular weight is 444 g/mol. The minimum absolute atomic E-state index is 0.00402. The third-order valence-corrected chi connectivity index (χ3v) is 5.62. The van der Waals surface area contributed by atoms with E-state index in [2.05, 4.69) is 27.2 Å². The van der Waals surface area contributed by atoms with Crippen LogP contribution in [-0.2, 0) is 9.59 Å². The van der Waals surface area contributed by atoms with Crippen LogP contribution in [0.2, 0.25) is 5.02 Å². The first-order chi connectivity index (χ1) is 14.9. The summed E-state index contributed by atoms with van der Waals surface area (Å²) in [6.07, 6.45) is 1.80. The van der Waals surface area contributed by atoms with E-state index < -0.39 is 17.4 Å². The van der Waals surface area contributed by atoms with Crippen LogP contribution in [0, 0.1) is 5.92 Å². The van der Waals surface area contributed by atoms with Gasteiger partial charge in [-0.3, -0.25) is 19.4 Å². The molecule has 1 saturated heterocycles. The van der Waals surface area contributed by atoms with Crippen LogP contribution in [0.4, 0.5) is 11.6 Å². The molecule has 10 heteroatoms. The lowest BCUT2D eigenvalue weighted by Crippen LogP contribution is -2.51. The highest BCUT2D eigenvalue weighted by Crippen LogP contribution is 2.28. The summed E-state index contributed by atoms with van der Waals surface area (Å²) < 4.78 is 5.24. The Bertz CT molecular complexity index is 1240. The smallest absolute Gasteiger partial charge is 0.262 e. The van der Waals surface area contributed by atoms with Crippen molar-refractivity contribution in [3.63, 3.8) is 0 Å². The van der Waals surface area contributed by atoms with Gasteiger partial charge in [0.25, 0.3) is 17.4 Å². The molecule has 0 spiro atoms. The molecular weight excluding hydrogens is 422 g/mol. The number of anilines is 2. The van der Waals surface area contributed by atoms with Gasteiger partial charge < -0.3 is 15.0 Å². The Morgan fingerprint density at radius 1 is 1.35 bits per heavy atom. The van der Waals surface area contributed by atoms with E-state index in [1.807, 2.05) is 4.90 Å². The van der Waals surface area contributed by atoms with E-state index in [-0.39, 0.29) is 22.7 Å². The number of piperidine rings is 1. The molecule has 0 bridgehead atoms. The van der Waals surface area contributed by atoms with Crippen molar-refractivity contribution in [2.75, 3.05) is 30.4 Å². The zero-order chi connectivity index (χ0) is 22.1. The standard InChI is InChI=1S/C21H22ClN5O4/c1-11-4-3-7-27(10-11)21-25-18-17(20(30)26-21)13(9-16(28)24-18)19(29)23-14-8-12(22)5-6-15(14)31-2/h5-6,8,11H,3-4,7,9-10H2,1-2H3,(H,23,29)(H,24,25,26,28,30). The number of benzene rings is 1. The second-order valence-electron chi connectivity index (χ2n) is 7.74. The molecule has 9 nitrogen and oxygen atoms in total. The Morgan fingerprint density at radius 2 is 2.16 bits per heavy atom. The number of aromatic amines is 1. The number of nitrogens with one attached hydrogen (secondary N) is 2. The summed E-state index contributed by atoms with van der Waals surface area (Å²) in [6, 6.07) is 4.76. The van der Waals surface area contributed by atoms with Gasteiger partial charge >= 0.3 is 0 Å². The van der Waals surface area contributed by atoms with Gasteiger partial charge in [-0.05, 0) is 37.0 Å². The van der Waals surface area contributed by atoms with Crippen LogP contribution in [0.1, 0.15) is 26.2 Å². The van der Waals surface area contributed by atoms with Gasteiger partial charge in [-0.1, -0.05) is 18.5 Å². The molecule has 0 saturated carbocycles. The van der Waals surface area contributed by atoms with Gasteiger partial charge in [-0.2, -0.15) is 9.98 Å². The molecule has 2 aromatic rings. The number of hydrogen-bond donors (Lipinski definition) is 2. The van der Waals surface area contributed by atoms with Crippen LogP contribution in [0.15, 0.2) is 28.0 Å². The van der Waals surface area contributed by atoms with Crippen LogP contribution in [0.5, 0.6) is 5.75 Å². The number of H-pyrrole nitrogens is 1. The molecule has 3 heterocycles. The molecule has 31 heavy (non-hydrogen) atoms. The molecule has 1 aromatic carbocycles. The number of carbonyl (C=O) groups is 2. The zero-order valence-corrected chi connectivity index (χ0v) is 18.0. The van der Waals surface area contributed by atoms with E-state index in [1.165, 1.54) is 13.2 Å². The predicted molar refractivity (Wildman–Crippen MR) is 116 cm³/mol. The van der Waals surface area contributed by atoms with Gasteiger partial charge in [0.05, 0.1) is 24.4 Å². The summed E-state index contributed by atoms with van der Waals surface area (Å²) in [7, 11) is 1.46. The van der Waals surface area contributed by atoms with E-state index in [1.54, 1.807) is 12.1 Å². The van der Waals surface area contributed by atoms with Crippen LogP contribution >= 0.6 is 11.6 Å². The molecule has 1 unspecified atom stereocenters. The van der Waals surface area contributed by atoms with Crippen molar-refractivity contribution in [3.8, 4) is 5.75 Å². The fourth-order valence-corrected chi connectivity index (χ4v) is 4.07. The van der Waals surface area contributed by atoms with Gasteiger partial charge in [0.15, 0.2) is 5.49 Å². The number of carbonyl (C=O) groups excluding carboxylic acids is 2. The number of nitrogens with zero attached hydrogens (tertiary/aromatic N) is 3. The molecule has 2 aliphatic heterocycles. The first kappa shape index (κ1) is 21.0. The minimum atomic E-state index is -0.614. The molecule has 162 valence electrons. The number of amides is 2. The van der Waals surface area contributed by atoms with Crippen molar-refractivity contribution in [1.29, 1.82) is 0 Å². The Balaban J connectivity index is 1.77. The van der Waals surface area contributed by atoms with Crippen molar-refractivity contribution in [2.45, 2.75) is 26.2 Å². The van der Waals surface area contributed by atoms with Crippen molar-refractivity contribution >= 4 is 40.6 Å². The van der Waals surface area contributed by atoms with Crippen molar-refractivity contribution < 1.29 is 14.3 Å². The fourth-order valence-electron chi connectivity index (χ4n) is 3.90. The Morgan fingerprint density at radius 3 is 2.90 bits per heavy atom. The lowest BCUT2D eigenvalue weighted by molar-refractivity contribution is -0.118. The van der Waals surface area contributed by atoms with Crippen LogP contribution in [-0.4, -0.2) is 42.0 Å². The lowest BCUT2D eigenvalue weighted by atomic mass is 10.0. The largest absolute Gasteiger partial charge is 0.495 e. The molecule has 0 aliphatic carbocycles. The summed E-state index contributed by atoms with van der Waals surface area (Å²) in [5, 5.41) is 3.08. The van der Waals surface area contributed by atoms with Crippen molar-refractivity contribution in [3.05, 3.63) is 44.3 Å². The van der Waals surface area contributed by atoms with Crippen molar-refractivity contribution in [1.82, 2.24) is 9.97 Å². The van der Waals surface area contributed by atoms with Crippen molar-refractivity contribution in [2.24, 2.45) is 10.9 Å². The maximum Gasteiger partial charge on any atom is 0.262 e. The summed E-state index contributed by atoms with van der Waals surface area (Å²) in [6.45, 7) is 3.64. The number of halogens is 1. The SMILES string of the molecule is COc1ccc(Cl)cc1NC(=O)C1=c2c(nc(N3CCCC(C)C3)[nH]c2=O)=NC(=O)C1. The molecule has 0 radical (unpaired) electrons. The summed E-state index contributed by atoms with van der Waals surface area (Å²) >= 11 is 6.02. The van der Waals surface area contributed by atoms with Gasteiger partial charge in [-0.15, -0.1) is 0 Å². The predicted octanol–water partition coefficient (Wildman–Crippen LogP) is 1.01. The normalized spacial score (nSPS) is 18.3. The third kappa shape index (κ3) is 4.32. The molecule has 4 rings (SSSR count). The summed E-state index contributed by atoms with van der Waals surface area (Å²) in [5.41, 5.74) is -0.203. The topological polar surface area (TPSA) is 117 Å². The highest BCUT2D eigenvalue weighted by molar-refractivity contribution is 6.31. The molecule has 2 aliphatic rings. The Hall–Kier alpha value is -3.20. The van der Waals surface area contributed by atoms with E-state index in [4.69, 9.17) is 16.3 Å². The quantitative estimate of drug-likeness (QED) is 0.728. The van der Waals surface area contributed by atoms with E-state index in [0.717, 1.165) is 25.9 Å². The molecule has 2 N–H and O–H groups in total. The summed E-state index contributed by atoms with van der Waals surface area (Å²) in [5.74, 6) is 0.0785. The number of ether oxygens (including phenoxy) is 1. The molecule has 1 atom stereocenters. The second-order valence-corrected chi connectivity index (χ2v) is 8.18. The summed E-state index contributed by atoms with van der Waals surface area (Å²) in [4.78, 5) is 51.2. The fraction of sp³-hybridized carbons (Fsp3) is 0.381. The Kier molecular flexibility index (Phi) is 5.77. The number of aromatic nitrogens is 2. The average Bonchev–Trinajstić information content (AvgIpc) is 2.73. The molecule has 2 amide bonds. The maximum atomic E-state index is 13.0. The van der Waals surface area contributed by atoms with Gasteiger partial charge in [-0.25, -0.2) is 0 Å². The Labute approximate surface area is 182 Å². The maximum absolute atomic E-state index is 13.0. The van der Waals surface area contributed by atoms with Gasteiger partial charge in [0, 0.05) is 23.7 Å². The highest BCUT2D eigenvalue weighted by Gasteiger charge is 2.25. The first-order valence-electron chi connectivity index (χ1n) is 10.0.